The van der Waals surface area contributed by atoms with Crippen molar-refractivity contribution in [2.75, 3.05) is 17.9 Å². The summed E-state index contributed by atoms with van der Waals surface area (Å²) in [5.74, 6) is 0.101. The third-order valence-electron chi connectivity index (χ3n) is 3.49. The van der Waals surface area contributed by atoms with Crippen molar-refractivity contribution in [1.29, 1.82) is 0 Å². The number of nitrogens with one attached hydrogen (secondary N) is 1. The van der Waals surface area contributed by atoms with Gasteiger partial charge in [-0.1, -0.05) is 20.8 Å². The number of phenolic OH excluding ortho intramolecular Hbond substituents is 1. The summed E-state index contributed by atoms with van der Waals surface area (Å²) in [5, 5.41) is 13.1. The lowest BCUT2D eigenvalue weighted by molar-refractivity contribution is -0.118. The molecule has 0 radical (unpaired) electrons. The molecule has 0 saturated carbocycles. The van der Waals surface area contributed by atoms with E-state index in [0.29, 0.717) is 23.3 Å². The summed E-state index contributed by atoms with van der Waals surface area (Å²) >= 11 is 7.06. The van der Waals surface area contributed by atoms with Crippen LogP contribution in [0.3, 0.4) is 0 Å². The molecule has 0 spiro atoms. The molecule has 1 rings (SSSR count). The Kier molecular flexibility index (Phi) is 7.42. The van der Waals surface area contributed by atoms with Gasteiger partial charge in [-0.3, -0.25) is 9.59 Å². The lowest BCUT2D eigenvalue weighted by Gasteiger charge is -2.22. The summed E-state index contributed by atoms with van der Waals surface area (Å²) in [7, 11) is 0. The fourth-order valence-electron chi connectivity index (χ4n) is 2.05. The summed E-state index contributed by atoms with van der Waals surface area (Å²) < 4.78 is 0. The molecular formula is C17H24ClNO3S. The maximum absolute atomic E-state index is 12.4. The zero-order valence-electron chi connectivity index (χ0n) is 14.0. The molecule has 4 nitrogen and oxygen atoms in total. The van der Waals surface area contributed by atoms with Crippen LogP contribution in [0.4, 0.5) is 0 Å². The van der Waals surface area contributed by atoms with Gasteiger partial charge in [0, 0.05) is 24.3 Å². The highest BCUT2D eigenvalue weighted by atomic mass is 35.5. The number of halogens is 1. The monoisotopic (exact) mass is 357 g/mol. The minimum Gasteiger partial charge on any atom is -0.507 e. The minimum atomic E-state index is -0.317. The SMILES string of the molecule is CSCCC(=O)c1cc(C(C)(C)C)cc(CNC(=O)CCl)c1O. The molecule has 1 aromatic carbocycles. The number of rotatable bonds is 7. The van der Waals surface area contributed by atoms with E-state index in [2.05, 4.69) is 5.32 Å². The van der Waals surface area contributed by atoms with Gasteiger partial charge in [-0.15, -0.1) is 11.6 Å². The largest absolute Gasteiger partial charge is 0.507 e. The van der Waals surface area contributed by atoms with Crippen LogP contribution in [0.5, 0.6) is 5.75 Å². The number of carbonyl (C=O) groups excluding carboxylic acids is 2. The van der Waals surface area contributed by atoms with Gasteiger partial charge in [0.25, 0.3) is 0 Å². The van der Waals surface area contributed by atoms with Crippen LogP contribution in [0.1, 0.15) is 48.7 Å². The van der Waals surface area contributed by atoms with Crippen molar-refractivity contribution in [3.63, 3.8) is 0 Å². The number of aromatic hydroxyl groups is 1. The lowest BCUT2D eigenvalue weighted by atomic mass is 9.84. The van der Waals surface area contributed by atoms with E-state index in [0.717, 1.165) is 5.56 Å². The molecule has 0 fully saturated rings. The maximum Gasteiger partial charge on any atom is 0.235 e. The number of alkyl halides is 1. The highest BCUT2D eigenvalue weighted by Crippen LogP contribution is 2.32. The molecule has 0 aliphatic carbocycles. The number of ketones is 1. The van der Waals surface area contributed by atoms with Crippen molar-refractivity contribution in [2.24, 2.45) is 0 Å². The van der Waals surface area contributed by atoms with Gasteiger partial charge in [-0.2, -0.15) is 11.8 Å². The molecular weight excluding hydrogens is 334 g/mol. The predicted molar refractivity (Wildman–Crippen MR) is 96.7 cm³/mol. The Bertz CT molecular complexity index is 582. The quantitative estimate of drug-likeness (QED) is 0.579. The van der Waals surface area contributed by atoms with E-state index in [1.165, 1.54) is 0 Å². The van der Waals surface area contributed by atoms with E-state index in [1.54, 1.807) is 17.8 Å². The normalized spacial score (nSPS) is 11.3. The van der Waals surface area contributed by atoms with E-state index >= 15 is 0 Å². The zero-order valence-corrected chi connectivity index (χ0v) is 15.6. The zero-order chi connectivity index (χ0) is 17.6. The molecule has 6 heteroatoms. The van der Waals surface area contributed by atoms with E-state index in [9.17, 15) is 14.7 Å². The number of amides is 1. The second kappa shape index (κ2) is 8.60. The van der Waals surface area contributed by atoms with Crippen LogP contribution >= 0.6 is 23.4 Å². The van der Waals surface area contributed by atoms with Gasteiger partial charge in [0.2, 0.25) is 5.91 Å². The van der Waals surface area contributed by atoms with Crippen LogP contribution in [0.25, 0.3) is 0 Å². The van der Waals surface area contributed by atoms with E-state index < -0.39 is 0 Å². The maximum atomic E-state index is 12.4. The lowest BCUT2D eigenvalue weighted by Crippen LogP contribution is -2.24. The molecule has 1 amide bonds. The molecule has 0 unspecified atom stereocenters. The molecule has 0 atom stereocenters. The Labute approximate surface area is 147 Å². The number of Topliss-reactive ketones (excluding diaryl/α,β-unsaturated/α-hetero) is 1. The molecule has 0 aliphatic rings. The van der Waals surface area contributed by atoms with Crippen LogP contribution < -0.4 is 5.32 Å². The third-order valence-corrected chi connectivity index (χ3v) is 4.34. The topological polar surface area (TPSA) is 66.4 Å². The van der Waals surface area contributed by atoms with Crippen LogP contribution in [-0.4, -0.2) is 34.7 Å². The Hall–Kier alpha value is -1.20. The molecule has 2 N–H and O–H groups in total. The van der Waals surface area contributed by atoms with Gasteiger partial charge < -0.3 is 10.4 Å². The third kappa shape index (κ3) is 5.74. The number of thioether (sulfide) groups is 1. The molecule has 0 aromatic heterocycles. The van der Waals surface area contributed by atoms with Crippen molar-refractivity contribution in [3.05, 3.63) is 28.8 Å². The Morgan fingerprint density at radius 2 is 1.96 bits per heavy atom. The van der Waals surface area contributed by atoms with Crippen molar-refractivity contribution in [3.8, 4) is 5.75 Å². The van der Waals surface area contributed by atoms with Gasteiger partial charge in [-0.25, -0.2) is 0 Å². The first kappa shape index (κ1) is 19.8. The van der Waals surface area contributed by atoms with Gasteiger partial charge >= 0.3 is 0 Å². The van der Waals surface area contributed by atoms with Crippen molar-refractivity contribution in [2.45, 2.75) is 39.2 Å². The number of phenols is 1. The molecule has 128 valence electrons. The van der Waals surface area contributed by atoms with Gasteiger partial charge in [0.05, 0.1) is 5.56 Å². The Morgan fingerprint density at radius 1 is 1.30 bits per heavy atom. The fraction of sp³-hybridized carbons (Fsp3) is 0.529. The first-order chi connectivity index (χ1) is 10.7. The minimum absolute atomic E-state index is 0.0565. The summed E-state index contributed by atoms with van der Waals surface area (Å²) in [4.78, 5) is 23.7. The van der Waals surface area contributed by atoms with Crippen LogP contribution in [0.2, 0.25) is 0 Å². The molecule has 0 saturated heterocycles. The molecule has 1 aromatic rings. The Morgan fingerprint density at radius 3 is 2.48 bits per heavy atom. The molecule has 0 heterocycles. The molecule has 0 aliphatic heterocycles. The average Bonchev–Trinajstić information content (AvgIpc) is 2.49. The smallest absolute Gasteiger partial charge is 0.235 e. The fourth-order valence-corrected chi connectivity index (χ4v) is 2.53. The second-order valence-corrected chi connectivity index (χ2v) is 7.61. The highest BCUT2D eigenvalue weighted by molar-refractivity contribution is 7.98. The highest BCUT2D eigenvalue weighted by Gasteiger charge is 2.21. The van der Waals surface area contributed by atoms with Crippen molar-refractivity contribution < 1.29 is 14.7 Å². The van der Waals surface area contributed by atoms with E-state index in [-0.39, 0.29) is 35.3 Å². The number of hydrogen-bond acceptors (Lipinski definition) is 4. The Balaban J connectivity index is 3.22. The molecule has 23 heavy (non-hydrogen) atoms. The van der Waals surface area contributed by atoms with Crippen molar-refractivity contribution in [1.82, 2.24) is 5.32 Å². The summed E-state index contributed by atoms with van der Waals surface area (Å²) in [6.45, 7) is 6.26. The standard InChI is InChI=1S/C17H24ClNO3S/c1-17(2,3)12-7-11(10-19-15(21)9-18)16(22)13(8-12)14(20)5-6-23-4/h7-8,22H,5-6,9-10H2,1-4H3,(H,19,21). The first-order valence-electron chi connectivity index (χ1n) is 7.41. The number of hydrogen-bond donors (Lipinski definition) is 2. The summed E-state index contributed by atoms with van der Waals surface area (Å²) in [6, 6.07) is 3.58. The van der Waals surface area contributed by atoms with Crippen LogP contribution in [-0.2, 0) is 16.8 Å². The van der Waals surface area contributed by atoms with Crippen LogP contribution in [0, 0.1) is 0 Å². The average molecular weight is 358 g/mol. The van der Waals surface area contributed by atoms with Crippen LogP contribution in [0.15, 0.2) is 12.1 Å². The summed E-state index contributed by atoms with van der Waals surface area (Å²) in [5.41, 5.74) is 1.62. The van der Waals surface area contributed by atoms with Gasteiger partial charge in [-0.05, 0) is 29.4 Å². The van der Waals surface area contributed by atoms with Crippen molar-refractivity contribution >= 4 is 35.1 Å². The second-order valence-electron chi connectivity index (χ2n) is 6.36. The van der Waals surface area contributed by atoms with Gasteiger partial charge in [0.1, 0.15) is 11.6 Å². The predicted octanol–water partition coefficient (Wildman–Crippen LogP) is 3.48. The molecule has 0 bridgehead atoms. The van der Waals surface area contributed by atoms with Gasteiger partial charge in [0.15, 0.2) is 5.78 Å². The van der Waals surface area contributed by atoms with E-state index in [4.69, 9.17) is 11.6 Å². The van der Waals surface area contributed by atoms with E-state index in [1.807, 2.05) is 33.1 Å². The number of carbonyl (C=O) groups is 2. The first-order valence-corrected chi connectivity index (χ1v) is 9.34. The summed E-state index contributed by atoms with van der Waals surface area (Å²) in [6.07, 6.45) is 2.31. The number of benzene rings is 1.